The molecule has 2 amide bonds. The van der Waals surface area contributed by atoms with E-state index in [0.717, 1.165) is 11.3 Å². The summed E-state index contributed by atoms with van der Waals surface area (Å²) in [5.74, 6) is 0.242. The van der Waals surface area contributed by atoms with Crippen LogP contribution in [0, 0.1) is 5.92 Å². The van der Waals surface area contributed by atoms with Crippen LogP contribution in [0.4, 0.5) is 5.69 Å². The van der Waals surface area contributed by atoms with E-state index in [1.54, 1.807) is 0 Å². The van der Waals surface area contributed by atoms with Crippen molar-refractivity contribution < 1.29 is 9.59 Å². The van der Waals surface area contributed by atoms with E-state index in [2.05, 4.69) is 29.8 Å². The van der Waals surface area contributed by atoms with Gasteiger partial charge in [0.05, 0.1) is 6.42 Å². The predicted molar refractivity (Wildman–Crippen MR) is 109 cm³/mol. The Morgan fingerprint density at radius 2 is 1.48 bits per heavy atom. The molecule has 0 aliphatic carbocycles. The van der Waals surface area contributed by atoms with Gasteiger partial charge in [0.1, 0.15) is 0 Å². The summed E-state index contributed by atoms with van der Waals surface area (Å²) in [7, 11) is 0. The maximum absolute atomic E-state index is 12.1. The molecule has 0 bridgehead atoms. The number of hydrogen-bond acceptors (Lipinski definition) is 3. The van der Waals surface area contributed by atoms with Gasteiger partial charge in [0.2, 0.25) is 11.8 Å². The molecule has 2 aromatic rings. The van der Waals surface area contributed by atoms with E-state index < -0.39 is 0 Å². The first-order chi connectivity index (χ1) is 13.0. The zero-order chi connectivity index (χ0) is 19.5. The fourth-order valence-corrected chi connectivity index (χ4v) is 2.67. The minimum Gasteiger partial charge on any atom is -0.380 e. The number of anilines is 1. The first kappa shape index (κ1) is 20.5. The molecule has 0 radical (unpaired) electrons. The molecule has 0 heterocycles. The average molecular weight is 367 g/mol. The number of benzene rings is 2. The van der Waals surface area contributed by atoms with Crippen LogP contribution in [0.15, 0.2) is 60.7 Å². The van der Waals surface area contributed by atoms with Crippen molar-refractivity contribution in [2.24, 2.45) is 5.92 Å². The Kier molecular flexibility index (Phi) is 8.36. The van der Waals surface area contributed by atoms with Gasteiger partial charge < -0.3 is 16.0 Å². The van der Waals surface area contributed by atoms with Crippen molar-refractivity contribution in [2.45, 2.75) is 32.7 Å². The maximum atomic E-state index is 12.1. The molecule has 0 aliphatic heterocycles. The highest BCUT2D eigenvalue weighted by Crippen LogP contribution is 2.11. The highest BCUT2D eigenvalue weighted by Gasteiger charge is 2.14. The van der Waals surface area contributed by atoms with Crippen LogP contribution in [0.25, 0.3) is 0 Å². The monoisotopic (exact) mass is 367 g/mol. The van der Waals surface area contributed by atoms with E-state index in [1.807, 2.05) is 60.7 Å². The number of hydrogen-bond donors (Lipinski definition) is 3. The second kappa shape index (κ2) is 11.0. The third-order valence-corrected chi connectivity index (χ3v) is 4.33. The zero-order valence-electron chi connectivity index (χ0n) is 16.1. The molecule has 0 aliphatic rings. The minimum absolute atomic E-state index is 0.0597. The lowest BCUT2D eigenvalue weighted by molar-refractivity contribution is -0.122. The lowest BCUT2D eigenvalue weighted by Crippen LogP contribution is -2.40. The van der Waals surface area contributed by atoms with E-state index in [4.69, 9.17) is 0 Å². The van der Waals surface area contributed by atoms with E-state index in [0.29, 0.717) is 25.4 Å². The van der Waals surface area contributed by atoms with Crippen molar-refractivity contribution in [3.05, 3.63) is 66.2 Å². The number of nitrogens with one attached hydrogen (secondary N) is 3. The summed E-state index contributed by atoms with van der Waals surface area (Å²) in [6, 6.07) is 19.7. The highest BCUT2D eigenvalue weighted by atomic mass is 16.2. The third kappa shape index (κ3) is 7.94. The van der Waals surface area contributed by atoms with Gasteiger partial charge in [-0.05, 0) is 23.6 Å². The lowest BCUT2D eigenvalue weighted by atomic mass is 10.0. The molecule has 3 N–H and O–H groups in total. The fraction of sp³-hybridized carbons (Fsp3) is 0.364. The quantitative estimate of drug-likeness (QED) is 0.605. The van der Waals surface area contributed by atoms with Crippen LogP contribution in [0.2, 0.25) is 0 Å². The molecule has 2 aromatic carbocycles. The Bertz CT molecular complexity index is 702. The molecule has 0 saturated heterocycles. The highest BCUT2D eigenvalue weighted by molar-refractivity contribution is 5.80. The molecule has 1 atom stereocenters. The van der Waals surface area contributed by atoms with Crippen LogP contribution in [0.5, 0.6) is 0 Å². The summed E-state index contributed by atoms with van der Waals surface area (Å²) in [5, 5.41) is 9.20. The van der Waals surface area contributed by atoms with Gasteiger partial charge in [-0.3, -0.25) is 9.59 Å². The van der Waals surface area contributed by atoms with Crippen molar-refractivity contribution in [3.8, 4) is 0 Å². The Balaban J connectivity index is 1.67. The number of amides is 2. The first-order valence-corrected chi connectivity index (χ1v) is 9.43. The van der Waals surface area contributed by atoms with Crippen LogP contribution >= 0.6 is 0 Å². The number of carbonyl (C=O) groups is 2. The van der Waals surface area contributed by atoms with E-state index in [-0.39, 0.29) is 24.3 Å². The second-order valence-corrected chi connectivity index (χ2v) is 6.93. The third-order valence-electron chi connectivity index (χ3n) is 4.33. The maximum Gasteiger partial charge on any atom is 0.224 e. The van der Waals surface area contributed by atoms with Gasteiger partial charge in [0.15, 0.2) is 0 Å². The Morgan fingerprint density at radius 3 is 2.11 bits per heavy atom. The Labute approximate surface area is 161 Å². The van der Waals surface area contributed by atoms with Crippen LogP contribution < -0.4 is 16.0 Å². The molecule has 2 rings (SSSR count). The van der Waals surface area contributed by atoms with Crippen LogP contribution in [-0.2, 0) is 16.0 Å². The first-order valence-electron chi connectivity index (χ1n) is 9.43. The van der Waals surface area contributed by atoms with Crippen molar-refractivity contribution in [3.63, 3.8) is 0 Å². The molecule has 0 fully saturated rings. The van der Waals surface area contributed by atoms with Gasteiger partial charge >= 0.3 is 0 Å². The Morgan fingerprint density at radius 1 is 0.852 bits per heavy atom. The number of carbonyl (C=O) groups excluding carboxylic acids is 2. The molecule has 5 nitrogen and oxygen atoms in total. The van der Waals surface area contributed by atoms with Crippen molar-refractivity contribution >= 4 is 17.5 Å². The van der Waals surface area contributed by atoms with Crippen LogP contribution in [0.1, 0.15) is 25.8 Å². The standard InChI is InChI=1S/C22H29N3O2/c1-17(2)20(25-19-11-7-4-8-12-19)16-24-21(26)13-14-23-22(27)15-18-9-5-3-6-10-18/h3-12,17,20,25H,13-16H2,1-2H3,(H,23,27)(H,24,26). The van der Waals surface area contributed by atoms with E-state index in [1.165, 1.54) is 0 Å². The van der Waals surface area contributed by atoms with Gasteiger partial charge in [0, 0.05) is 31.2 Å². The van der Waals surface area contributed by atoms with Gasteiger partial charge in [0.25, 0.3) is 0 Å². The minimum atomic E-state index is -0.0696. The Hall–Kier alpha value is -2.82. The summed E-state index contributed by atoms with van der Waals surface area (Å²) >= 11 is 0. The van der Waals surface area contributed by atoms with Crippen LogP contribution in [0.3, 0.4) is 0 Å². The van der Waals surface area contributed by atoms with Gasteiger partial charge in [-0.2, -0.15) is 0 Å². The molecule has 1 unspecified atom stereocenters. The van der Waals surface area contributed by atoms with Crippen molar-refractivity contribution in [1.82, 2.24) is 10.6 Å². The van der Waals surface area contributed by atoms with E-state index in [9.17, 15) is 9.59 Å². The number of rotatable bonds is 10. The summed E-state index contributed by atoms with van der Waals surface area (Å²) < 4.78 is 0. The summed E-state index contributed by atoms with van der Waals surface area (Å²) in [5.41, 5.74) is 2.00. The van der Waals surface area contributed by atoms with Gasteiger partial charge in [-0.15, -0.1) is 0 Å². The van der Waals surface area contributed by atoms with E-state index >= 15 is 0 Å². The largest absolute Gasteiger partial charge is 0.380 e. The lowest BCUT2D eigenvalue weighted by Gasteiger charge is -2.24. The average Bonchev–Trinajstić information content (AvgIpc) is 2.66. The molecule has 5 heteroatoms. The summed E-state index contributed by atoms with van der Waals surface area (Å²) in [6.07, 6.45) is 0.607. The SMILES string of the molecule is CC(C)C(CNC(=O)CCNC(=O)Cc1ccccc1)Nc1ccccc1. The second-order valence-electron chi connectivity index (χ2n) is 6.93. The smallest absolute Gasteiger partial charge is 0.224 e. The summed E-state index contributed by atoms with van der Waals surface area (Å²) in [6.45, 7) is 5.13. The zero-order valence-corrected chi connectivity index (χ0v) is 16.1. The van der Waals surface area contributed by atoms with Gasteiger partial charge in [-0.1, -0.05) is 62.4 Å². The van der Waals surface area contributed by atoms with Crippen molar-refractivity contribution in [2.75, 3.05) is 18.4 Å². The molecule has 144 valence electrons. The molecule has 0 saturated carbocycles. The topological polar surface area (TPSA) is 70.2 Å². The van der Waals surface area contributed by atoms with Crippen molar-refractivity contribution in [1.29, 1.82) is 0 Å². The van der Waals surface area contributed by atoms with Crippen LogP contribution in [-0.4, -0.2) is 30.9 Å². The molecular weight excluding hydrogens is 338 g/mol. The molecule has 0 spiro atoms. The molecule has 0 aromatic heterocycles. The summed E-state index contributed by atoms with van der Waals surface area (Å²) in [4.78, 5) is 24.0. The van der Waals surface area contributed by atoms with Gasteiger partial charge in [-0.25, -0.2) is 0 Å². The predicted octanol–water partition coefficient (Wildman–Crippen LogP) is 2.99. The number of para-hydroxylation sites is 1. The molecule has 27 heavy (non-hydrogen) atoms. The molecular formula is C22H29N3O2. The normalized spacial score (nSPS) is 11.7. The fourth-order valence-electron chi connectivity index (χ4n) is 2.67.